The van der Waals surface area contributed by atoms with Gasteiger partial charge in [0.2, 0.25) is 5.12 Å². The summed E-state index contributed by atoms with van der Waals surface area (Å²) in [5.74, 6) is 0.951. The van der Waals surface area contributed by atoms with Crippen molar-refractivity contribution in [3.63, 3.8) is 0 Å². The maximum atomic E-state index is 10.9. The van der Waals surface area contributed by atoms with Crippen LogP contribution in [0.3, 0.4) is 0 Å². The molecule has 0 spiro atoms. The molecule has 0 saturated heterocycles. The maximum absolute atomic E-state index is 10.9. The summed E-state index contributed by atoms with van der Waals surface area (Å²) < 4.78 is 0. The fourth-order valence-electron chi connectivity index (χ4n) is 1.83. The summed E-state index contributed by atoms with van der Waals surface area (Å²) in [6, 6.07) is 0. The summed E-state index contributed by atoms with van der Waals surface area (Å²) in [6.45, 7) is 2.44. The van der Waals surface area contributed by atoms with E-state index in [1.165, 1.54) is 69.5 Å². The van der Waals surface area contributed by atoms with Gasteiger partial charge < -0.3 is 5.73 Å². The van der Waals surface area contributed by atoms with Crippen molar-refractivity contribution in [1.82, 2.24) is 0 Å². The van der Waals surface area contributed by atoms with Gasteiger partial charge in [0.1, 0.15) is 0 Å². The molecular weight excluding hydrogens is 310 g/mol. The molecule has 4 heteroatoms. The Morgan fingerprint density at radius 2 is 1.33 bits per heavy atom. The molecule has 0 radical (unpaired) electrons. The van der Waals surface area contributed by atoms with Crippen LogP contribution in [0.1, 0.15) is 71.1 Å². The van der Waals surface area contributed by atoms with Crippen LogP contribution in [0.4, 0.5) is 0 Å². The highest BCUT2D eigenvalue weighted by atomic mass is 79.9. The topological polar surface area (TPSA) is 43.1 Å². The third kappa shape index (κ3) is 16.5. The minimum Gasteiger partial charge on any atom is -0.323 e. The van der Waals surface area contributed by atoms with E-state index in [4.69, 9.17) is 5.73 Å². The Morgan fingerprint density at radius 3 is 1.78 bits per heavy atom. The van der Waals surface area contributed by atoms with Crippen molar-refractivity contribution in [1.29, 1.82) is 0 Å². The normalized spacial score (nSPS) is 10.1. The van der Waals surface area contributed by atoms with Gasteiger partial charge >= 0.3 is 0 Å². The predicted molar refractivity (Wildman–Crippen MR) is 88.7 cm³/mol. The van der Waals surface area contributed by atoms with E-state index in [-0.39, 0.29) is 28.6 Å². The number of hydrogen-bond acceptors (Lipinski definition) is 3. The van der Waals surface area contributed by atoms with Gasteiger partial charge in [-0.3, -0.25) is 4.79 Å². The van der Waals surface area contributed by atoms with Crippen LogP contribution in [0.2, 0.25) is 0 Å². The van der Waals surface area contributed by atoms with E-state index in [2.05, 4.69) is 6.92 Å². The second-order valence-corrected chi connectivity index (χ2v) is 5.76. The molecule has 2 N–H and O–H groups in total. The van der Waals surface area contributed by atoms with Crippen LogP contribution >= 0.6 is 28.7 Å². The number of rotatable bonds is 12. The lowest BCUT2D eigenvalue weighted by molar-refractivity contribution is -0.109. The number of halogens is 1. The van der Waals surface area contributed by atoms with Gasteiger partial charge in [0.25, 0.3) is 0 Å². The molecule has 2 nitrogen and oxygen atoms in total. The molecule has 0 aromatic heterocycles. The molecule has 0 unspecified atom stereocenters. The second kappa shape index (κ2) is 17.5. The Balaban J connectivity index is 0. The first-order chi connectivity index (χ1) is 8.31. The van der Waals surface area contributed by atoms with Crippen molar-refractivity contribution >= 4 is 33.9 Å². The fourth-order valence-corrected chi connectivity index (χ4v) is 2.53. The first kappa shape index (κ1) is 20.8. The van der Waals surface area contributed by atoms with Crippen LogP contribution in [0.15, 0.2) is 0 Å². The predicted octanol–water partition coefficient (Wildman–Crippen LogP) is 4.70. The van der Waals surface area contributed by atoms with Crippen molar-refractivity contribution in [3.05, 3.63) is 0 Å². The highest BCUT2D eigenvalue weighted by Gasteiger charge is 1.98. The van der Waals surface area contributed by atoms with E-state index in [9.17, 15) is 4.79 Å². The first-order valence-electron chi connectivity index (χ1n) is 7.17. The van der Waals surface area contributed by atoms with Crippen LogP contribution in [0, 0.1) is 0 Å². The summed E-state index contributed by atoms with van der Waals surface area (Å²) in [6.07, 6.45) is 13.5. The minimum absolute atomic E-state index is 0. The minimum atomic E-state index is 0. The van der Waals surface area contributed by atoms with E-state index in [0.717, 1.165) is 12.2 Å². The highest BCUT2D eigenvalue weighted by Crippen LogP contribution is 2.12. The summed E-state index contributed by atoms with van der Waals surface area (Å²) in [4.78, 5) is 10.9. The Morgan fingerprint density at radius 1 is 0.889 bits per heavy atom. The second-order valence-electron chi connectivity index (χ2n) is 4.61. The Kier molecular flexibility index (Phi) is 20.1. The lowest BCUT2D eigenvalue weighted by Crippen LogP contribution is -2.09. The highest BCUT2D eigenvalue weighted by molar-refractivity contribution is 8.93. The third-order valence-electron chi connectivity index (χ3n) is 2.93. The SMILES string of the molecule is Br.CCCCCCCCCCCCSC(=O)CN. The molecule has 0 fully saturated rings. The van der Waals surface area contributed by atoms with Gasteiger partial charge in [-0.25, -0.2) is 0 Å². The van der Waals surface area contributed by atoms with Crippen molar-refractivity contribution in [2.75, 3.05) is 12.3 Å². The quantitative estimate of drug-likeness (QED) is 0.524. The van der Waals surface area contributed by atoms with E-state index in [1.807, 2.05) is 0 Å². The standard InChI is InChI=1S/C14H29NOS.BrH/c1-2-3-4-5-6-7-8-9-10-11-12-17-14(16)13-15;/h2-13,15H2,1H3;1H. The van der Waals surface area contributed by atoms with Gasteiger partial charge in [-0.2, -0.15) is 0 Å². The number of hydrogen-bond donors (Lipinski definition) is 1. The Bertz CT molecular complexity index is 179. The molecule has 0 aromatic carbocycles. The zero-order valence-corrected chi connectivity index (χ0v) is 14.3. The van der Waals surface area contributed by atoms with Crippen molar-refractivity contribution in [2.45, 2.75) is 71.1 Å². The van der Waals surface area contributed by atoms with Gasteiger partial charge in [-0.1, -0.05) is 76.5 Å². The molecule has 0 bridgehead atoms. The molecule has 18 heavy (non-hydrogen) atoms. The van der Waals surface area contributed by atoms with Gasteiger partial charge in [-0.05, 0) is 6.42 Å². The van der Waals surface area contributed by atoms with Gasteiger partial charge in [0.05, 0.1) is 6.54 Å². The first-order valence-corrected chi connectivity index (χ1v) is 8.15. The maximum Gasteiger partial charge on any atom is 0.202 e. The molecule has 0 heterocycles. The van der Waals surface area contributed by atoms with Crippen LogP contribution in [-0.2, 0) is 4.79 Å². The van der Waals surface area contributed by atoms with Gasteiger partial charge in [0, 0.05) is 5.75 Å². The molecule has 0 saturated carbocycles. The molecule has 0 aliphatic heterocycles. The Hall–Kier alpha value is 0.460. The zero-order valence-electron chi connectivity index (χ0n) is 11.8. The Labute approximate surface area is 128 Å². The lowest BCUT2D eigenvalue weighted by atomic mass is 10.1. The molecule has 110 valence electrons. The molecule has 0 rings (SSSR count). The summed E-state index contributed by atoms with van der Waals surface area (Å²) >= 11 is 1.39. The molecule has 0 aliphatic carbocycles. The number of nitrogens with two attached hydrogens (primary N) is 1. The van der Waals surface area contributed by atoms with Gasteiger partial charge in [-0.15, -0.1) is 17.0 Å². The molecule has 0 aliphatic rings. The van der Waals surface area contributed by atoms with Crippen LogP contribution in [0.5, 0.6) is 0 Å². The van der Waals surface area contributed by atoms with Crippen LogP contribution in [0.25, 0.3) is 0 Å². The molecule has 0 atom stereocenters. The average molecular weight is 340 g/mol. The number of unbranched alkanes of at least 4 members (excludes halogenated alkanes) is 9. The van der Waals surface area contributed by atoms with Crippen LogP contribution in [-0.4, -0.2) is 17.4 Å². The van der Waals surface area contributed by atoms with Crippen molar-refractivity contribution < 1.29 is 4.79 Å². The van der Waals surface area contributed by atoms with E-state index >= 15 is 0 Å². The summed E-state index contributed by atoms with van der Waals surface area (Å²) in [5.41, 5.74) is 5.23. The smallest absolute Gasteiger partial charge is 0.202 e. The fraction of sp³-hybridized carbons (Fsp3) is 0.929. The lowest BCUT2D eigenvalue weighted by Gasteiger charge is -2.02. The van der Waals surface area contributed by atoms with Gasteiger partial charge in [0.15, 0.2) is 0 Å². The largest absolute Gasteiger partial charge is 0.323 e. The summed E-state index contributed by atoms with van der Waals surface area (Å²) in [7, 11) is 0. The molecular formula is C14H30BrNOS. The van der Waals surface area contributed by atoms with E-state index in [1.54, 1.807) is 0 Å². The summed E-state index contributed by atoms with van der Waals surface area (Å²) in [5, 5.41) is 0.126. The molecule has 0 aromatic rings. The number of carbonyl (C=O) groups is 1. The third-order valence-corrected chi connectivity index (χ3v) is 3.91. The number of thioether (sulfide) groups is 1. The van der Waals surface area contributed by atoms with Crippen LogP contribution < -0.4 is 5.73 Å². The van der Waals surface area contributed by atoms with Crippen molar-refractivity contribution in [3.8, 4) is 0 Å². The zero-order chi connectivity index (χ0) is 12.8. The molecule has 0 amide bonds. The van der Waals surface area contributed by atoms with Crippen molar-refractivity contribution in [2.24, 2.45) is 5.73 Å². The van der Waals surface area contributed by atoms with E-state index < -0.39 is 0 Å². The number of carbonyl (C=O) groups excluding carboxylic acids is 1. The van der Waals surface area contributed by atoms with E-state index in [0.29, 0.717) is 0 Å². The monoisotopic (exact) mass is 339 g/mol. The average Bonchev–Trinajstić information content (AvgIpc) is 2.35.